The van der Waals surface area contributed by atoms with Gasteiger partial charge in [-0.1, -0.05) is 43.3 Å². The van der Waals surface area contributed by atoms with Gasteiger partial charge >= 0.3 is 0 Å². The van der Waals surface area contributed by atoms with Crippen molar-refractivity contribution < 1.29 is 14.5 Å². The minimum Gasteiger partial charge on any atom is -0.379 e. The SMILES string of the molecule is CCc1cccc2c([C@@H](CC(=O)NCCN3CCOCC3)c3ccccc3[N+](=O)[O-])c[nH]c12. The van der Waals surface area contributed by atoms with Crippen molar-refractivity contribution in [3.63, 3.8) is 0 Å². The van der Waals surface area contributed by atoms with E-state index in [0.29, 0.717) is 25.3 Å². The van der Waals surface area contributed by atoms with Gasteiger partial charge in [0, 0.05) is 67.2 Å². The van der Waals surface area contributed by atoms with Gasteiger partial charge in [0.15, 0.2) is 0 Å². The predicted molar refractivity (Wildman–Crippen MR) is 128 cm³/mol. The molecule has 2 aromatic carbocycles. The van der Waals surface area contributed by atoms with E-state index in [4.69, 9.17) is 4.74 Å². The van der Waals surface area contributed by atoms with Crippen LogP contribution in [0, 0.1) is 10.1 Å². The highest BCUT2D eigenvalue weighted by atomic mass is 16.6. The number of nitrogens with zero attached hydrogens (tertiary/aromatic N) is 2. The number of nitrogens with one attached hydrogen (secondary N) is 2. The van der Waals surface area contributed by atoms with E-state index >= 15 is 0 Å². The van der Waals surface area contributed by atoms with Gasteiger partial charge in [-0.2, -0.15) is 0 Å². The van der Waals surface area contributed by atoms with E-state index in [1.54, 1.807) is 18.2 Å². The zero-order chi connectivity index (χ0) is 23.2. The normalized spacial score (nSPS) is 15.4. The Hall–Kier alpha value is -3.23. The zero-order valence-corrected chi connectivity index (χ0v) is 18.9. The Bertz CT molecular complexity index is 1120. The van der Waals surface area contributed by atoms with Gasteiger partial charge in [0.25, 0.3) is 5.69 Å². The number of hydrogen-bond donors (Lipinski definition) is 2. The molecule has 2 heterocycles. The molecular weight excluding hydrogens is 420 g/mol. The van der Waals surface area contributed by atoms with Gasteiger partial charge < -0.3 is 15.0 Å². The first-order chi connectivity index (χ1) is 16.1. The highest BCUT2D eigenvalue weighted by molar-refractivity contribution is 5.88. The van der Waals surface area contributed by atoms with Crippen molar-refractivity contribution in [3.05, 3.63) is 75.5 Å². The fourth-order valence-electron chi connectivity index (χ4n) is 4.59. The molecule has 0 bridgehead atoms. The number of nitro groups is 1. The summed E-state index contributed by atoms with van der Waals surface area (Å²) in [5, 5.41) is 15.8. The van der Waals surface area contributed by atoms with Crippen LogP contribution < -0.4 is 5.32 Å². The molecular formula is C25H30N4O4. The summed E-state index contributed by atoms with van der Waals surface area (Å²) in [6.45, 7) is 6.56. The van der Waals surface area contributed by atoms with E-state index in [-0.39, 0.29) is 22.9 Å². The molecule has 0 radical (unpaired) electrons. The van der Waals surface area contributed by atoms with E-state index < -0.39 is 5.92 Å². The Morgan fingerprint density at radius 2 is 1.97 bits per heavy atom. The summed E-state index contributed by atoms with van der Waals surface area (Å²) < 4.78 is 5.37. The second kappa shape index (κ2) is 10.6. The standard InChI is InChI=1S/C25H30N4O4/c1-2-18-6-5-8-20-22(17-27-25(18)20)21(19-7-3-4-9-23(19)29(31)32)16-24(30)26-10-11-28-12-14-33-15-13-28/h3-9,17,21,27H,2,10-16H2,1H3,(H,26,30)/t21-/m0/s1. The Labute approximate surface area is 193 Å². The lowest BCUT2D eigenvalue weighted by Crippen LogP contribution is -2.41. The van der Waals surface area contributed by atoms with Crippen LogP contribution in [-0.4, -0.2) is 60.1 Å². The Kier molecular flexibility index (Phi) is 7.36. The molecule has 1 aliphatic heterocycles. The molecule has 3 aromatic rings. The van der Waals surface area contributed by atoms with E-state index in [2.05, 4.69) is 28.2 Å². The summed E-state index contributed by atoms with van der Waals surface area (Å²) in [6.07, 6.45) is 2.90. The first-order valence-corrected chi connectivity index (χ1v) is 11.5. The van der Waals surface area contributed by atoms with E-state index in [0.717, 1.165) is 42.5 Å². The minimum atomic E-state index is -0.434. The quantitative estimate of drug-likeness (QED) is 0.383. The van der Waals surface area contributed by atoms with Crippen LogP contribution in [0.2, 0.25) is 0 Å². The molecule has 8 nitrogen and oxygen atoms in total. The third-order valence-corrected chi connectivity index (χ3v) is 6.34. The van der Waals surface area contributed by atoms with Gasteiger partial charge in [-0.15, -0.1) is 0 Å². The monoisotopic (exact) mass is 450 g/mol. The zero-order valence-electron chi connectivity index (χ0n) is 18.9. The third kappa shape index (κ3) is 5.23. The first kappa shape index (κ1) is 22.9. The molecule has 0 aliphatic carbocycles. The van der Waals surface area contributed by atoms with Crippen molar-refractivity contribution in [1.29, 1.82) is 0 Å². The number of carbonyl (C=O) groups is 1. The number of amides is 1. The predicted octanol–water partition coefficient (Wildman–Crippen LogP) is 3.61. The van der Waals surface area contributed by atoms with Crippen LogP contribution in [0.3, 0.4) is 0 Å². The molecule has 1 saturated heterocycles. The number of rotatable bonds is 9. The topological polar surface area (TPSA) is 100 Å². The van der Waals surface area contributed by atoms with Gasteiger partial charge in [0.2, 0.25) is 5.91 Å². The van der Waals surface area contributed by atoms with Crippen LogP contribution in [-0.2, 0) is 16.0 Å². The number of morpholine rings is 1. The van der Waals surface area contributed by atoms with Gasteiger partial charge in [-0.05, 0) is 17.5 Å². The summed E-state index contributed by atoms with van der Waals surface area (Å²) in [4.78, 5) is 30.0. The average molecular weight is 451 g/mol. The number of nitro benzene ring substituents is 1. The van der Waals surface area contributed by atoms with Crippen LogP contribution in [0.1, 0.15) is 36.0 Å². The van der Waals surface area contributed by atoms with Crippen molar-refractivity contribution in [2.45, 2.75) is 25.7 Å². The number of hydrogen-bond acceptors (Lipinski definition) is 5. The molecule has 1 amide bonds. The van der Waals surface area contributed by atoms with E-state index in [1.807, 2.05) is 18.3 Å². The molecule has 1 aromatic heterocycles. The Morgan fingerprint density at radius 1 is 1.18 bits per heavy atom. The smallest absolute Gasteiger partial charge is 0.273 e. The van der Waals surface area contributed by atoms with Gasteiger partial charge in [0.05, 0.1) is 18.1 Å². The average Bonchev–Trinajstić information content (AvgIpc) is 3.27. The Balaban J connectivity index is 1.60. The highest BCUT2D eigenvalue weighted by Crippen LogP contribution is 2.38. The fraction of sp³-hybridized carbons (Fsp3) is 0.400. The maximum Gasteiger partial charge on any atom is 0.273 e. The second-order valence-corrected chi connectivity index (χ2v) is 8.31. The molecule has 1 aliphatic rings. The van der Waals surface area contributed by atoms with Gasteiger partial charge in [-0.25, -0.2) is 0 Å². The van der Waals surface area contributed by atoms with Crippen molar-refractivity contribution in [1.82, 2.24) is 15.2 Å². The molecule has 33 heavy (non-hydrogen) atoms. The summed E-state index contributed by atoms with van der Waals surface area (Å²) in [5.41, 5.74) is 3.68. The van der Waals surface area contributed by atoms with Crippen LogP contribution in [0.15, 0.2) is 48.7 Å². The third-order valence-electron chi connectivity index (χ3n) is 6.34. The maximum absolute atomic E-state index is 13.0. The number of carbonyl (C=O) groups excluding carboxylic acids is 1. The molecule has 174 valence electrons. The van der Waals surface area contributed by atoms with Crippen molar-refractivity contribution in [3.8, 4) is 0 Å². The summed E-state index contributed by atoms with van der Waals surface area (Å²) in [7, 11) is 0. The number of fused-ring (bicyclic) bond motifs is 1. The molecule has 0 spiro atoms. The lowest BCUT2D eigenvalue weighted by molar-refractivity contribution is -0.385. The minimum absolute atomic E-state index is 0.0320. The summed E-state index contributed by atoms with van der Waals surface area (Å²) in [6, 6.07) is 12.8. The summed E-state index contributed by atoms with van der Waals surface area (Å²) in [5.74, 6) is -0.553. The molecule has 8 heteroatoms. The largest absolute Gasteiger partial charge is 0.379 e. The lowest BCUT2D eigenvalue weighted by Gasteiger charge is -2.26. The van der Waals surface area contributed by atoms with Crippen molar-refractivity contribution >= 4 is 22.5 Å². The molecule has 1 fully saturated rings. The van der Waals surface area contributed by atoms with Gasteiger partial charge in [-0.3, -0.25) is 19.8 Å². The maximum atomic E-state index is 13.0. The number of aromatic amines is 1. The number of aromatic nitrogens is 1. The number of H-pyrrole nitrogens is 1. The number of benzene rings is 2. The second-order valence-electron chi connectivity index (χ2n) is 8.31. The van der Waals surface area contributed by atoms with Crippen LogP contribution >= 0.6 is 0 Å². The molecule has 0 unspecified atom stereocenters. The molecule has 2 N–H and O–H groups in total. The van der Waals surface area contributed by atoms with Gasteiger partial charge in [0.1, 0.15) is 0 Å². The number of ether oxygens (including phenoxy) is 1. The first-order valence-electron chi connectivity index (χ1n) is 11.5. The van der Waals surface area contributed by atoms with Crippen molar-refractivity contribution in [2.24, 2.45) is 0 Å². The number of aryl methyl sites for hydroxylation is 1. The number of para-hydroxylation sites is 2. The lowest BCUT2D eigenvalue weighted by atomic mass is 9.86. The fourth-order valence-corrected chi connectivity index (χ4v) is 4.59. The van der Waals surface area contributed by atoms with Crippen LogP contribution in [0.4, 0.5) is 5.69 Å². The van der Waals surface area contributed by atoms with Crippen LogP contribution in [0.5, 0.6) is 0 Å². The Morgan fingerprint density at radius 3 is 2.73 bits per heavy atom. The van der Waals surface area contributed by atoms with E-state index in [1.165, 1.54) is 11.6 Å². The molecule has 1 atom stereocenters. The highest BCUT2D eigenvalue weighted by Gasteiger charge is 2.28. The van der Waals surface area contributed by atoms with E-state index in [9.17, 15) is 14.9 Å². The molecule has 4 rings (SSSR count). The summed E-state index contributed by atoms with van der Waals surface area (Å²) >= 11 is 0. The molecule has 0 saturated carbocycles. The van der Waals surface area contributed by atoms with Crippen LogP contribution in [0.25, 0.3) is 10.9 Å². The van der Waals surface area contributed by atoms with Crippen molar-refractivity contribution in [2.75, 3.05) is 39.4 Å².